The molecule has 0 aliphatic rings. The molecule has 3 aromatic rings. The molecule has 6 nitrogen and oxygen atoms in total. The number of carbonyl (C=O) groups is 1. The summed E-state index contributed by atoms with van der Waals surface area (Å²) in [6.07, 6.45) is 3.32. The third-order valence-corrected chi connectivity index (χ3v) is 2.92. The van der Waals surface area contributed by atoms with Crippen LogP contribution < -0.4 is 5.32 Å². The van der Waals surface area contributed by atoms with Crippen LogP contribution in [0.2, 0.25) is 5.15 Å². The molecule has 2 aromatic heterocycles. The second-order valence-corrected chi connectivity index (χ2v) is 4.47. The number of nitrogens with zero attached hydrogens (tertiary/aromatic N) is 3. The van der Waals surface area contributed by atoms with E-state index in [1.807, 2.05) is 0 Å². The van der Waals surface area contributed by atoms with E-state index in [1.165, 1.54) is 12.1 Å². The van der Waals surface area contributed by atoms with Crippen molar-refractivity contribution < 1.29 is 9.90 Å². The van der Waals surface area contributed by atoms with Gasteiger partial charge in [-0.05, 0) is 24.3 Å². The molecule has 0 amide bonds. The number of aromatic carboxylic acids is 1. The fraction of sp³-hybridized carbons (Fsp3) is 0. The van der Waals surface area contributed by atoms with Gasteiger partial charge >= 0.3 is 5.97 Å². The molecule has 0 saturated carbocycles. The average molecular weight is 289 g/mol. The first-order chi connectivity index (χ1) is 9.63. The normalized spacial score (nSPS) is 10.7. The van der Waals surface area contributed by atoms with Gasteiger partial charge in [0.2, 0.25) is 0 Å². The molecule has 0 atom stereocenters. The lowest BCUT2D eigenvalue weighted by molar-refractivity contribution is 0.0697. The number of carboxylic acid groups (broad SMARTS) is 1. The Morgan fingerprint density at radius 3 is 2.75 bits per heavy atom. The van der Waals surface area contributed by atoms with Gasteiger partial charge in [-0.25, -0.2) is 14.3 Å². The van der Waals surface area contributed by atoms with Gasteiger partial charge in [-0.3, -0.25) is 0 Å². The number of nitrogens with one attached hydrogen (secondary N) is 1. The zero-order chi connectivity index (χ0) is 14.1. The Balaban J connectivity index is 1.96. The summed E-state index contributed by atoms with van der Waals surface area (Å²) in [5.74, 6) is -0.959. The molecule has 0 aliphatic carbocycles. The molecule has 2 heterocycles. The molecule has 0 fully saturated rings. The highest BCUT2D eigenvalue weighted by Gasteiger charge is 2.07. The van der Waals surface area contributed by atoms with E-state index < -0.39 is 5.97 Å². The maximum absolute atomic E-state index is 10.8. The van der Waals surface area contributed by atoms with Gasteiger partial charge in [-0.1, -0.05) is 11.6 Å². The van der Waals surface area contributed by atoms with Crippen LogP contribution in [0.3, 0.4) is 0 Å². The van der Waals surface area contributed by atoms with Gasteiger partial charge in [-0.2, -0.15) is 5.10 Å². The van der Waals surface area contributed by atoms with Crippen LogP contribution in [0.15, 0.2) is 42.7 Å². The molecule has 0 bridgehead atoms. The van der Waals surface area contributed by atoms with E-state index in [0.717, 1.165) is 5.69 Å². The van der Waals surface area contributed by atoms with Gasteiger partial charge in [0.05, 0.1) is 11.3 Å². The molecule has 1 aromatic carbocycles. The summed E-state index contributed by atoms with van der Waals surface area (Å²) in [7, 11) is 0. The molecule has 100 valence electrons. The average Bonchev–Trinajstić information content (AvgIpc) is 2.87. The number of fused-ring (bicyclic) bond motifs is 1. The first-order valence-electron chi connectivity index (χ1n) is 5.74. The number of carboxylic acids is 1. The van der Waals surface area contributed by atoms with Crippen molar-refractivity contribution >= 4 is 34.6 Å². The Bertz CT molecular complexity index is 783. The lowest BCUT2D eigenvalue weighted by Gasteiger charge is -2.08. The highest BCUT2D eigenvalue weighted by molar-refractivity contribution is 6.29. The predicted octanol–water partition coefficient (Wildman–Crippen LogP) is 2.82. The number of hydrogen-bond donors (Lipinski definition) is 2. The number of halogens is 1. The summed E-state index contributed by atoms with van der Waals surface area (Å²) in [6.45, 7) is 0. The van der Waals surface area contributed by atoms with Crippen molar-refractivity contribution in [2.24, 2.45) is 0 Å². The SMILES string of the molecule is O=C(O)c1ccc(Nc2cc(Cl)nn3ccnc23)cc1. The van der Waals surface area contributed by atoms with Crippen molar-refractivity contribution in [3.63, 3.8) is 0 Å². The molecule has 0 saturated heterocycles. The fourth-order valence-corrected chi connectivity index (χ4v) is 2.02. The van der Waals surface area contributed by atoms with Gasteiger partial charge < -0.3 is 10.4 Å². The third-order valence-electron chi connectivity index (χ3n) is 2.74. The molecule has 7 heteroatoms. The van der Waals surface area contributed by atoms with Crippen molar-refractivity contribution in [3.05, 3.63) is 53.4 Å². The Kier molecular flexibility index (Phi) is 3.00. The van der Waals surface area contributed by atoms with E-state index >= 15 is 0 Å². The number of benzene rings is 1. The maximum Gasteiger partial charge on any atom is 0.335 e. The van der Waals surface area contributed by atoms with Gasteiger partial charge in [0.15, 0.2) is 10.8 Å². The summed E-state index contributed by atoms with van der Waals surface area (Å²) in [5, 5.41) is 16.4. The molecule has 2 N–H and O–H groups in total. The quantitative estimate of drug-likeness (QED) is 0.775. The van der Waals surface area contributed by atoms with Crippen molar-refractivity contribution in [2.75, 3.05) is 5.32 Å². The molecule has 3 rings (SSSR count). The van der Waals surface area contributed by atoms with Crippen molar-refractivity contribution in [2.45, 2.75) is 0 Å². The van der Waals surface area contributed by atoms with Crippen LogP contribution in [0.4, 0.5) is 11.4 Å². The Morgan fingerprint density at radius 2 is 2.05 bits per heavy atom. The Labute approximate surface area is 118 Å². The second-order valence-electron chi connectivity index (χ2n) is 4.08. The largest absolute Gasteiger partial charge is 0.478 e. The van der Waals surface area contributed by atoms with Gasteiger partial charge in [0, 0.05) is 24.1 Å². The summed E-state index contributed by atoms with van der Waals surface area (Å²) in [5.41, 5.74) is 2.30. The molecule has 0 unspecified atom stereocenters. The van der Waals surface area contributed by atoms with Crippen LogP contribution in [-0.2, 0) is 0 Å². The first-order valence-corrected chi connectivity index (χ1v) is 6.11. The minimum Gasteiger partial charge on any atom is -0.478 e. The molecule has 0 aliphatic heterocycles. The summed E-state index contributed by atoms with van der Waals surface area (Å²) < 4.78 is 1.57. The fourth-order valence-electron chi connectivity index (χ4n) is 1.83. The van der Waals surface area contributed by atoms with Crippen LogP contribution in [-0.4, -0.2) is 25.7 Å². The van der Waals surface area contributed by atoms with Crippen LogP contribution in [0.1, 0.15) is 10.4 Å². The number of hydrogen-bond acceptors (Lipinski definition) is 4. The summed E-state index contributed by atoms with van der Waals surface area (Å²) >= 11 is 5.94. The Morgan fingerprint density at radius 1 is 1.30 bits per heavy atom. The van der Waals surface area contributed by atoms with E-state index in [1.54, 1.807) is 35.1 Å². The minimum atomic E-state index is -0.959. The van der Waals surface area contributed by atoms with Crippen molar-refractivity contribution in [1.82, 2.24) is 14.6 Å². The number of imidazole rings is 1. The molecule has 0 radical (unpaired) electrons. The lowest BCUT2D eigenvalue weighted by Crippen LogP contribution is -1.99. The topological polar surface area (TPSA) is 79.5 Å². The van der Waals surface area contributed by atoms with Crippen molar-refractivity contribution in [1.29, 1.82) is 0 Å². The molecule has 20 heavy (non-hydrogen) atoms. The molecular formula is C13H9ClN4O2. The molecular weight excluding hydrogens is 280 g/mol. The minimum absolute atomic E-state index is 0.231. The van der Waals surface area contributed by atoms with Gasteiger partial charge in [0.1, 0.15) is 0 Å². The molecule has 0 spiro atoms. The first kappa shape index (κ1) is 12.4. The monoisotopic (exact) mass is 288 g/mol. The van der Waals surface area contributed by atoms with Crippen LogP contribution >= 0.6 is 11.6 Å². The summed E-state index contributed by atoms with van der Waals surface area (Å²) in [4.78, 5) is 15.0. The van der Waals surface area contributed by atoms with Crippen LogP contribution in [0.5, 0.6) is 0 Å². The van der Waals surface area contributed by atoms with E-state index in [-0.39, 0.29) is 5.56 Å². The zero-order valence-corrected chi connectivity index (χ0v) is 10.9. The smallest absolute Gasteiger partial charge is 0.335 e. The third kappa shape index (κ3) is 2.28. The second kappa shape index (κ2) is 4.82. The van der Waals surface area contributed by atoms with Crippen LogP contribution in [0, 0.1) is 0 Å². The lowest BCUT2D eigenvalue weighted by atomic mass is 10.2. The maximum atomic E-state index is 10.8. The van der Waals surface area contributed by atoms with Gasteiger partial charge in [-0.15, -0.1) is 0 Å². The predicted molar refractivity (Wildman–Crippen MR) is 74.7 cm³/mol. The summed E-state index contributed by atoms with van der Waals surface area (Å²) in [6, 6.07) is 8.07. The van der Waals surface area contributed by atoms with Crippen molar-refractivity contribution in [3.8, 4) is 0 Å². The van der Waals surface area contributed by atoms with E-state index in [9.17, 15) is 4.79 Å². The van der Waals surface area contributed by atoms with E-state index in [0.29, 0.717) is 16.5 Å². The van der Waals surface area contributed by atoms with Gasteiger partial charge in [0.25, 0.3) is 0 Å². The number of aromatic nitrogens is 3. The standard InChI is InChI=1S/C13H9ClN4O2/c14-11-7-10(12-15-5-6-18(12)17-11)16-9-3-1-8(2-4-9)13(19)20/h1-7,16H,(H,19,20). The van der Waals surface area contributed by atoms with E-state index in [4.69, 9.17) is 16.7 Å². The highest BCUT2D eigenvalue weighted by Crippen LogP contribution is 2.23. The zero-order valence-electron chi connectivity index (χ0n) is 10.1. The number of rotatable bonds is 3. The highest BCUT2D eigenvalue weighted by atomic mass is 35.5. The Hall–Kier alpha value is -2.60. The number of anilines is 2. The van der Waals surface area contributed by atoms with Crippen LogP contribution in [0.25, 0.3) is 5.65 Å². The van der Waals surface area contributed by atoms with E-state index in [2.05, 4.69) is 15.4 Å².